The SMILES string of the molecule is CC[C@H]1OC(=O)[C@H](C)[C@@H](O)[C@H](C)[C@H]2OC3(O[C@@]1(C)[C@H](O)[C@H]3C)[C@H](C)C[C@@]2(C)O. The maximum atomic E-state index is 12.8. The third-order valence-electron chi connectivity index (χ3n) is 7.57. The van der Waals surface area contributed by atoms with Crippen LogP contribution in [0, 0.1) is 23.7 Å². The second-order valence-electron chi connectivity index (χ2n) is 9.71. The van der Waals surface area contributed by atoms with Crippen molar-refractivity contribution in [2.24, 2.45) is 23.7 Å². The normalized spacial score (nSPS) is 57.4. The number of hydrogen-bond donors (Lipinski definition) is 3. The Morgan fingerprint density at radius 2 is 1.75 bits per heavy atom. The van der Waals surface area contributed by atoms with Gasteiger partial charge < -0.3 is 29.5 Å². The van der Waals surface area contributed by atoms with E-state index in [0.29, 0.717) is 12.8 Å². The van der Waals surface area contributed by atoms with Crippen LogP contribution in [-0.4, -0.2) is 62.7 Å². The smallest absolute Gasteiger partial charge is 0.311 e. The van der Waals surface area contributed by atoms with E-state index in [0.717, 1.165) is 0 Å². The molecule has 7 heteroatoms. The van der Waals surface area contributed by atoms with E-state index in [1.165, 1.54) is 0 Å². The number of carbonyl (C=O) groups is 1. The molecule has 0 aromatic carbocycles. The summed E-state index contributed by atoms with van der Waals surface area (Å²) in [5.41, 5.74) is -2.36. The molecule has 3 N–H and O–H groups in total. The van der Waals surface area contributed by atoms with Crippen LogP contribution in [0.4, 0.5) is 0 Å². The molecule has 3 heterocycles. The lowest BCUT2D eigenvalue weighted by atomic mass is 9.71. The van der Waals surface area contributed by atoms with Crippen LogP contribution >= 0.6 is 0 Å². The van der Waals surface area contributed by atoms with Gasteiger partial charge in [0.2, 0.25) is 0 Å². The number of aliphatic hydroxyl groups is 3. The molecule has 3 aliphatic heterocycles. The van der Waals surface area contributed by atoms with E-state index in [9.17, 15) is 20.1 Å². The summed E-state index contributed by atoms with van der Waals surface area (Å²) in [5, 5.41) is 33.1. The molecule has 3 saturated heterocycles. The highest BCUT2D eigenvalue weighted by molar-refractivity contribution is 5.73. The summed E-state index contributed by atoms with van der Waals surface area (Å²) in [5.74, 6) is -3.63. The number of aliphatic hydroxyl groups excluding tert-OH is 2. The fraction of sp³-hybridized carbons (Fsp3) is 0.952. The van der Waals surface area contributed by atoms with Crippen LogP contribution in [0.1, 0.15) is 61.3 Å². The first-order valence-electron chi connectivity index (χ1n) is 10.5. The Hall–Kier alpha value is -0.730. The number of esters is 1. The van der Waals surface area contributed by atoms with E-state index in [-0.39, 0.29) is 5.92 Å². The minimum Gasteiger partial charge on any atom is -0.459 e. The Labute approximate surface area is 167 Å². The number of rotatable bonds is 1. The summed E-state index contributed by atoms with van der Waals surface area (Å²) < 4.78 is 18.7. The third kappa shape index (κ3) is 2.93. The van der Waals surface area contributed by atoms with Crippen LogP contribution in [-0.2, 0) is 19.0 Å². The first kappa shape index (κ1) is 22.0. The molecule has 3 bridgehead atoms. The lowest BCUT2D eigenvalue weighted by Crippen LogP contribution is -2.63. The molecule has 3 fully saturated rings. The average Bonchev–Trinajstić information content (AvgIpc) is 2.82. The number of cyclic esters (lactones) is 1. The Kier molecular flexibility index (Phi) is 5.42. The van der Waals surface area contributed by atoms with Crippen molar-refractivity contribution in [2.75, 3.05) is 0 Å². The minimum atomic E-state index is -1.21. The van der Waals surface area contributed by atoms with Gasteiger partial charge in [-0.15, -0.1) is 0 Å². The first-order chi connectivity index (χ1) is 12.8. The molecule has 0 saturated carbocycles. The highest BCUT2D eigenvalue weighted by Gasteiger charge is 2.68. The Bertz CT molecular complexity index is 622. The Morgan fingerprint density at radius 1 is 1.14 bits per heavy atom. The van der Waals surface area contributed by atoms with Gasteiger partial charge in [-0.3, -0.25) is 4.79 Å². The fourth-order valence-electron chi connectivity index (χ4n) is 5.77. The van der Waals surface area contributed by atoms with E-state index in [4.69, 9.17) is 14.2 Å². The predicted octanol–water partition coefficient (Wildman–Crippen LogP) is 1.61. The van der Waals surface area contributed by atoms with Crippen molar-refractivity contribution in [3.63, 3.8) is 0 Å². The van der Waals surface area contributed by atoms with Gasteiger partial charge in [-0.25, -0.2) is 0 Å². The van der Waals surface area contributed by atoms with Crippen molar-refractivity contribution >= 4 is 5.97 Å². The minimum absolute atomic E-state index is 0.207. The van der Waals surface area contributed by atoms with Gasteiger partial charge >= 0.3 is 5.97 Å². The fourth-order valence-corrected chi connectivity index (χ4v) is 5.77. The monoisotopic (exact) mass is 400 g/mol. The van der Waals surface area contributed by atoms with E-state index >= 15 is 0 Å². The summed E-state index contributed by atoms with van der Waals surface area (Å²) in [6.07, 6.45) is -2.55. The highest BCUT2D eigenvalue weighted by Crippen LogP contribution is 2.56. The van der Waals surface area contributed by atoms with Crippen molar-refractivity contribution in [1.82, 2.24) is 0 Å². The number of fused-ring (bicyclic) bond motifs is 2. The van der Waals surface area contributed by atoms with E-state index in [1.54, 1.807) is 27.7 Å². The lowest BCUT2D eigenvalue weighted by molar-refractivity contribution is -0.368. The first-order valence-corrected chi connectivity index (χ1v) is 10.5. The molecule has 3 rings (SSSR count). The Balaban J connectivity index is 2.16. The summed E-state index contributed by atoms with van der Waals surface area (Å²) in [7, 11) is 0. The maximum Gasteiger partial charge on any atom is 0.311 e. The molecule has 3 aliphatic rings. The van der Waals surface area contributed by atoms with Gasteiger partial charge in [0.05, 0.1) is 29.8 Å². The summed E-state index contributed by atoms with van der Waals surface area (Å²) in [6, 6.07) is 0. The summed E-state index contributed by atoms with van der Waals surface area (Å²) in [6.45, 7) is 12.5. The van der Waals surface area contributed by atoms with Gasteiger partial charge in [0, 0.05) is 17.8 Å². The van der Waals surface area contributed by atoms with Crippen LogP contribution in [0.5, 0.6) is 0 Å². The van der Waals surface area contributed by atoms with Crippen LogP contribution < -0.4 is 0 Å². The molecular weight excluding hydrogens is 364 g/mol. The van der Waals surface area contributed by atoms with Gasteiger partial charge in [-0.2, -0.15) is 0 Å². The second kappa shape index (κ2) is 6.91. The van der Waals surface area contributed by atoms with Gasteiger partial charge in [-0.1, -0.05) is 27.7 Å². The van der Waals surface area contributed by atoms with Crippen molar-refractivity contribution in [2.45, 2.75) is 103 Å². The molecule has 7 nitrogen and oxygen atoms in total. The second-order valence-corrected chi connectivity index (χ2v) is 9.71. The molecule has 0 radical (unpaired) electrons. The zero-order chi connectivity index (χ0) is 21.2. The topological polar surface area (TPSA) is 105 Å². The molecule has 28 heavy (non-hydrogen) atoms. The zero-order valence-corrected chi connectivity index (χ0v) is 18.0. The number of carbonyl (C=O) groups excluding carboxylic acids is 1. The molecular formula is C21H36O7. The predicted molar refractivity (Wildman–Crippen MR) is 101 cm³/mol. The number of ether oxygens (including phenoxy) is 3. The summed E-state index contributed by atoms with van der Waals surface area (Å²) in [4.78, 5) is 12.8. The van der Waals surface area contributed by atoms with Crippen LogP contribution in [0.2, 0.25) is 0 Å². The van der Waals surface area contributed by atoms with Crippen LogP contribution in [0.3, 0.4) is 0 Å². The van der Waals surface area contributed by atoms with E-state index < -0.39 is 65.1 Å². The standard InChI is InChI=1S/C21H36O7/c1-8-14-20(7)16(23)13(5)21(28-20)10(2)9-19(6,25)17(27-21)11(3)15(22)12(4)18(24)26-14/h10-17,22-23,25H,8-9H2,1-7H3/t10-,11+,12-,13-,14-,15+,16-,17-,19-,20-,21?/m1/s1. The van der Waals surface area contributed by atoms with Crippen molar-refractivity contribution in [3.8, 4) is 0 Å². The van der Waals surface area contributed by atoms with Gasteiger partial charge in [0.15, 0.2) is 5.79 Å². The van der Waals surface area contributed by atoms with Gasteiger partial charge in [-0.05, 0) is 33.6 Å². The van der Waals surface area contributed by atoms with Crippen molar-refractivity contribution in [1.29, 1.82) is 0 Å². The Morgan fingerprint density at radius 3 is 2.32 bits per heavy atom. The molecule has 0 amide bonds. The van der Waals surface area contributed by atoms with E-state index in [1.807, 2.05) is 20.8 Å². The van der Waals surface area contributed by atoms with Crippen LogP contribution in [0.15, 0.2) is 0 Å². The molecule has 1 spiro atoms. The quantitative estimate of drug-likeness (QED) is 0.574. The molecule has 0 aromatic heterocycles. The van der Waals surface area contributed by atoms with Crippen molar-refractivity contribution < 1.29 is 34.3 Å². The average molecular weight is 401 g/mol. The van der Waals surface area contributed by atoms with Crippen molar-refractivity contribution in [3.05, 3.63) is 0 Å². The maximum absolute atomic E-state index is 12.8. The lowest BCUT2D eigenvalue weighted by Gasteiger charge is -2.53. The van der Waals surface area contributed by atoms with Gasteiger partial charge in [0.1, 0.15) is 11.7 Å². The van der Waals surface area contributed by atoms with Crippen LogP contribution in [0.25, 0.3) is 0 Å². The molecule has 0 aromatic rings. The van der Waals surface area contributed by atoms with Gasteiger partial charge in [0.25, 0.3) is 0 Å². The zero-order valence-electron chi connectivity index (χ0n) is 18.0. The summed E-state index contributed by atoms with van der Waals surface area (Å²) >= 11 is 0. The number of hydrogen-bond acceptors (Lipinski definition) is 7. The highest BCUT2D eigenvalue weighted by atomic mass is 16.7. The largest absolute Gasteiger partial charge is 0.459 e. The molecule has 11 atom stereocenters. The molecule has 0 aliphatic carbocycles. The third-order valence-corrected chi connectivity index (χ3v) is 7.57. The van der Waals surface area contributed by atoms with E-state index in [2.05, 4.69) is 0 Å². The molecule has 1 unspecified atom stereocenters. The molecule has 162 valence electrons.